The molecule has 4 nitrogen and oxygen atoms in total. The highest BCUT2D eigenvalue weighted by atomic mass is 16.6. The smallest absolute Gasteiger partial charge is 0.330 e. The summed E-state index contributed by atoms with van der Waals surface area (Å²) in [6, 6.07) is 0. The number of carbonyl (C=O) groups is 2. The van der Waals surface area contributed by atoms with Crippen molar-refractivity contribution in [3.8, 4) is 0 Å². The normalized spacial score (nSPS) is 11.5. The van der Waals surface area contributed by atoms with E-state index in [0.29, 0.717) is 19.4 Å². The molecule has 0 aromatic heterocycles. The summed E-state index contributed by atoms with van der Waals surface area (Å²) in [5.74, 6) is -0.629. The van der Waals surface area contributed by atoms with Crippen LogP contribution in [0.1, 0.15) is 40.5 Å². The highest BCUT2D eigenvalue weighted by molar-refractivity contribution is 5.82. The number of hydrogen-bond donors (Lipinski definition) is 0. The number of esters is 2. The Morgan fingerprint density at radius 3 is 2.38 bits per heavy atom. The van der Waals surface area contributed by atoms with E-state index in [9.17, 15) is 9.59 Å². The average Bonchev–Trinajstić information content (AvgIpc) is 2.07. The van der Waals surface area contributed by atoms with E-state index in [1.165, 1.54) is 13.0 Å². The summed E-state index contributed by atoms with van der Waals surface area (Å²) in [6.45, 7) is 7.21. The number of hydrogen-bond acceptors (Lipinski definition) is 4. The quantitative estimate of drug-likeness (QED) is 0.411. The highest BCUT2D eigenvalue weighted by Gasteiger charge is 2.13. The van der Waals surface area contributed by atoms with Gasteiger partial charge in [0.15, 0.2) is 0 Å². The van der Waals surface area contributed by atoms with Crippen LogP contribution in [0.3, 0.4) is 0 Å². The molecule has 0 heterocycles. The summed E-state index contributed by atoms with van der Waals surface area (Å²) in [4.78, 5) is 21.6. The molecule has 0 rings (SSSR count). The van der Waals surface area contributed by atoms with Crippen LogP contribution < -0.4 is 0 Å². The van der Waals surface area contributed by atoms with Crippen molar-refractivity contribution in [1.29, 1.82) is 0 Å². The lowest BCUT2D eigenvalue weighted by atomic mass is 10.2. The van der Waals surface area contributed by atoms with Gasteiger partial charge in [-0.15, -0.1) is 0 Å². The second-order valence-corrected chi connectivity index (χ2v) is 4.42. The van der Waals surface area contributed by atoms with Gasteiger partial charge in [-0.25, -0.2) is 4.79 Å². The SMILES string of the molecule is CC(=O)OCCC/C=C/C(=O)OC(C)(C)C. The van der Waals surface area contributed by atoms with Gasteiger partial charge in [-0.05, 0) is 33.6 Å². The fourth-order valence-corrected chi connectivity index (χ4v) is 0.932. The molecule has 0 radical (unpaired) electrons. The molecule has 0 saturated heterocycles. The zero-order valence-electron chi connectivity index (χ0n) is 10.4. The largest absolute Gasteiger partial charge is 0.466 e. The summed E-state index contributed by atoms with van der Waals surface area (Å²) in [6.07, 6.45) is 4.52. The number of ether oxygens (including phenoxy) is 2. The maximum absolute atomic E-state index is 11.2. The summed E-state index contributed by atoms with van der Waals surface area (Å²) in [7, 11) is 0. The van der Waals surface area contributed by atoms with E-state index >= 15 is 0 Å². The van der Waals surface area contributed by atoms with Gasteiger partial charge in [-0.1, -0.05) is 6.08 Å². The molecule has 0 aliphatic heterocycles. The van der Waals surface area contributed by atoms with Crippen molar-refractivity contribution in [2.45, 2.75) is 46.1 Å². The van der Waals surface area contributed by atoms with E-state index < -0.39 is 5.60 Å². The van der Waals surface area contributed by atoms with Crippen LogP contribution in [0.25, 0.3) is 0 Å². The Morgan fingerprint density at radius 1 is 1.25 bits per heavy atom. The fraction of sp³-hybridized carbons (Fsp3) is 0.667. The number of carbonyl (C=O) groups excluding carboxylic acids is 2. The summed E-state index contributed by atoms with van der Waals surface area (Å²) < 4.78 is 9.81. The van der Waals surface area contributed by atoms with Crippen molar-refractivity contribution < 1.29 is 19.1 Å². The lowest BCUT2D eigenvalue weighted by molar-refractivity contribution is -0.148. The second-order valence-electron chi connectivity index (χ2n) is 4.42. The zero-order chi connectivity index (χ0) is 12.6. The Kier molecular flexibility index (Phi) is 6.46. The van der Waals surface area contributed by atoms with E-state index in [0.717, 1.165) is 0 Å². The van der Waals surface area contributed by atoms with Gasteiger partial charge in [0.2, 0.25) is 0 Å². The Balaban J connectivity index is 3.61. The van der Waals surface area contributed by atoms with Crippen molar-refractivity contribution in [3.63, 3.8) is 0 Å². The van der Waals surface area contributed by atoms with Crippen LogP contribution in [0.15, 0.2) is 12.2 Å². The monoisotopic (exact) mass is 228 g/mol. The predicted molar refractivity (Wildman–Crippen MR) is 60.9 cm³/mol. The van der Waals surface area contributed by atoms with E-state index in [4.69, 9.17) is 9.47 Å². The molecule has 0 aromatic rings. The Hall–Kier alpha value is -1.32. The summed E-state index contributed by atoms with van der Waals surface area (Å²) in [5.41, 5.74) is -0.459. The fourth-order valence-electron chi connectivity index (χ4n) is 0.932. The molecular formula is C12H20O4. The van der Waals surface area contributed by atoms with Crippen LogP contribution in [0.4, 0.5) is 0 Å². The molecule has 0 bridgehead atoms. The molecule has 0 aromatic carbocycles. The van der Waals surface area contributed by atoms with Gasteiger partial charge in [0.1, 0.15) is 5.60 Å². The molecule has 0 fully saturated rings. The second kappa shape index (κ2) is 7.04. The van der Waals surface area contributed by atoms with E-state index in [1.54, 1.807) is 6.08 Å². The number of rotatable bonds is 5. The van der Waals surface area contributed by atoms with Crippen LogP contribution in [0.2, 0.25) is 0 Å². The summed E-state index contributed by atoms with van der Waals surface area (Å²) in [5, 5.41) is 0. The van der Waals surface area contributed by atoms with Crippen molar-refractivity contribution in [1.82, 2.24) is 0 Å². The lowest BCUT2D eigenvalue weighted by Gasteiger charge is -2.17. The minimum absolute atomic E-state index is 0.281. The van der Waals surface area contributed by atoms with Gasteiger partial charge in [-0.3, -0.25) is 4.79 Å². The molecule has 0 atom stereocenters. The van der Waals surface area contributed by atoms with Crippen molar-refractivity contribution in [2.75, 3.05) is 6.61 Å². The maximum Gasteiger partial charge on any atom is 0.330 e. The first-order valence-electron chi connectivity index (χ1n) is 5.34. The first kappa shape index (κ1) is 14.7. The van der Waals surface area contributed by atoms with Gasteiger partial charge in [0, 0.05) is 13.0 Å². The van der Waals surface area contributed by atoms with Crippen LogP contribution in [-0.4, -0.2) is 24.1 Å². The lowest BCUT2D eigenvalue weighted by Crippen LogP contribution is -2.22. The average molecular weight is 228 g/mol. The van der Waals surface area contributed by atoms with Crippen LogP contribution in [0, 0.1) is 0 Å². The van der Waals surface area contributed by atoms with E-state index in [1.807, 2.05) is 20.8 Å². The first-order chi connectivity index (χ1) is 7.31. The minimum Gasteiger partial charge on any atom is -0.466 e. The van der Waals surface area contributed by atoms with Gasteiger partial charge in [-0.2, -0.15) is 0 Å². The molecule has 16 heavy (non-hydrogen) atoms. The van der Waals surface area contributed by atoms with Crippen LogP contribution >= 0.6 is 0 Å². The Bertz CT molecular complexity index is 261. The zero-order valence-corrected chi connectivity index (χ0v) is 10.4. The maximum atomic E-state index is 11.2. The van der Waals surface area contributed by atoms with E-state index in [-0.39, 0.29) is 11.9 Å². The third kappa shape index (κ3) is 10.8. The molecule has 92 valence electrons. The first-order valence-corrected chi connectivity index (χ1v) is 5.34. The van der Waals surface area contributed by atoms with Crippen molar-refractivity contribution >= 4 is 11.9 Å². The molecule has 4 heteroatoms. The van der Waals surface area contributed by atoms with Crippen LogP contribution in [-0.2, 0) is 19.1 Å². The van der Waals surface area contributed by atoms with Gasteiger partial charge in [0.05, 0.1) is 6.61 Å². The molecule has 0 aliphatic rings. The highest BCUT2D eigenvalue weighted by Crippen LogP contribution is 2.07. The summed E-state index contributed by atoms with van der Waals surface area (Å²) >= 11 is 0. The van der Waals surface area contributed by atoms with Crippen molar-refractivity contribution in [3.05, 3.63) is 12.2 Å². The standard InChI is InChI=1S/C12H20O4/c1-10(13)15-9-7-5-6-8-11(14)16-12(2,3)4/h6,8H,5,7,9H2,1-4H3/b8-6+. The molecule has 0 amide bonds. The number of allylic oxidation sites excluding steroid dienone is 1. The topological polar surface area (TPSA) is 52.6 Å². The molecule has 0 aliphatic carbocycles. The van der Waals surface area contributed by atoms with E-state index in [2.05, 4.69) is 0 Å². The Morgan fingerprint density at radius 2 is 1.88 bits per heavy atom. The molecular weight excluding hydrogens is 208 g/mol. The third-order valence-corrected chi connectivity index (χ3v) is 1.48. The van der Waals surface area contributed by atoms with Gasteiger partial charge < -0.3 is 9.47 Å². The third-order valence-electron chi connectivity index (χ3n) is 1.48. The van der Waals surface area contributed by atoms with Crippen LogP contribution in [0.5, 0.6) is 0 Å². The predicted octanol–water partition coefficient (Wildman–Crippen LogP) is 2.23. The van der Waals surface area contributed by atoms with Gasteiger partial charge >= 0.3 is 11.9 Å². The Labute approximate surface area is 96.6 Å². The molecule has 0 saturated carbocycles. The minimum atomic E-state index is -0.459. The number of unbranched alkanes of at least 4 members (excludes halogenated alkanes) is 1. The molecule has 0 unspecified atom stereocenters. The molecule has 0 spiro atoms. The molecule has 0 N–H and O–H groups in total. The van der Waals surface area contributed by atoms with Gasteiger partial charge in [0.25, 0.3) is 0 Å². The van der Waals surface area contributed by atoms with Crippen molar-refractivity contribution in [2.24, 2.45) is 0 Å².